The van der Waals surface area contributed by atoms with Crippen molar-refractivity contribution in [3.8, 4) is 0 Å². The van der Waals surface area contributed by atoms with Crippen LogP contribution in [0.25, 0.3) is 0 Å². The first-order chi connectivity index (χ1) is 14.0. The molecule has 1 fully saturated rings. The number of Topliss-reactive ketones (excluding diaryl/α,β-unsaturated/α-hetero) is 1. The summed E-state index contributed by atoms with van der Waals surface area (Å²) in [6, 6.07) is -1.68. The van der Waals surface area contributed by atoms with Crippen molar-refractivity contribution in [2.24, 2.45) is 5.92 Å². The summed E-state index contributed by atoms with van der Waals surface area (Å²) < 4.78 is 0. The van der Waals surface area contributed by atoms with Crippen LogP contribution < -0.4 is 0 Å². The van der Waals surface area contributed by atoms with Gasteiger partial charge in [-0.15, -0.1) is 0 Å². The van der Waals surface area contributed by atoms with Crippen LogP contribution in [0.15, 0.2) is 0 Å². The Hall–Kier alpha value is -3.05. The highest BCUT2D eigenvalue weighted by atomic mass is 16.4. The Morgan fingerprint density at radius 2 is 1.27 bits per heavy atom. The number of nitrogens with zero attached hydrogens (tertiary/aromatic N) is 3. The number of carboxylic acids is 1. The van der Waals surface area contributed by atoms with E-state index in [0.29, 0.717) is 25.7 Å². The van der Waals surface area contributed by atoms with Crippen LogP contribution in [0.3, 0.4) is 0 Å². The number of aliphatic carboxylic acids is 1. The first-order valence-electron chi connectivity index (χ1n) is 9.67. The molecule has 1 aliphatic rings. The number of carboxylic acid groups (broad SMARTS) is 4. The van der Waals surface area contributed by atoms with E-state index in [9.17, 15) is 39.3 Å². The number of carbonyl (C=O) groups excluding carboxylic acids is 1. The van der Waals surface area contributed by atoms with Gasteiger partial charge in [0, 0.05) is 19.0 Å². The van der Waals surface area contributed by atoms with Crippen LogP contribution in [-0.2, 0) is 9.59 Å². The van der Waals surface area contributed by atoms with Crippen molar-refractivity contribution in [2.45, 2.75) is 51.6 Å². The van der Waals surface area contributed by atoms with Crippen LogP contribution in [0.5, 0.6) is 0 Å². The third-order valence-electron chi connectivity index (χ3n) is 5.16. The molecule has 1 aliphatic carbocycles. The van der Waals surface area contributed by atoms with Crippen molar-refractivity contribution in [1.82, 2.24) is 14.7 Å². The van der Waals surface area contributed by atoms with E-state index in [1.165, 1.54) is 0 Å². The molecule has 0 aromatic rings. The Labute approximate surface area is 173 Å². The van der Waals surface area contributed by atoms with Crippen LogP contribution in [0.1, 0.15) is 39.5 Å². The molecule has 1 rings (SSSR count). The highest BCUT2D eigenvalue weighted by molar-refractivity contribution is 5.85. The van der Waals surface area contributed by atoms with E-state index in [1.54, 1.807) is 13.8 Å². The average Bonchev–Trinajstić information content (AvgIpc) is 2.64. The maximum absolute atomic E-state index is 11.9. The number of hydrogen-bond donors (Lipinski definition) is 4. The molecule has 0 radical (unpaired) electrons. The second kappa shape index (κ2) is 11.2. The fourth-order valence-corrected chi connectivity index (χ4v) is 3.54. The van der Waals surface area contributed by atoms with Gasteiger partial charge in [0.15, 0.2) is 5.78 Å². The van der Waals surface area contributed by atoms with Gasteiger partial charge in [0.25, 0.3) is 0 Å². The first-order valence-corrected chi connectivity index (χ1v) is 9.67. The molecule has 0 aromatic carbocycles. The Balaban J connectivity index is 3.02. The lowest BCUT2D eigenvalue weighted by atomic mass is 9.88. The predicted octanol–water partition coefficient (Wildman–Crippen LogP) is 1.55. The minimum Gasteiger partial charge on any atom is -0.480 e. The SMILES string of the molecule is CC(C)C(=O)CN(CCN(C(=O)O)[C@H]1CCCC[C@@H]1N(CC(=O)O)C(=O)O)C(=O)O. The summed E-state index contributed by atoms with van der Waals surface area (Å²) in [5.74, 6) is -2.05. The zero-order chi connectivity index (χ0) is 23.0. The zero-order valence-corrected chi connectivity index (χ0v) is 17.1. The van der Waals surface area contributed by atoms with Crippen molar-refractivity contribution in [2.75, 3.05) is 26.2 Å². The smallest absolute Gasteiger partial charge is 0.408 e. The molecule has 0 unspecified atom stereocenters. The zero-order valence-electron chi connectivity index (χ0n) is 17.1. The monoisotopic (exact) mass is 431 g/mol. The van der Waals surface area contributed by atoms with Gasteiger partial charge >= 0.3 is 24.2 Å². The second-order valence-electron chi connectivity index (χ2n) is 7.52. The van der Waals surface area contributed by atoms with Gasteiger partial charge in [-0.3, -0.25) is 19.4 Å². The normalized spacial score (nSPS) is 18.5. The van der Waals surface area contributed by atoms with Crippen LogP contribution >= 0.6 is 0 Å². The summed E-state index contributed by atoms with van der Waals surface area (Å²) in [6.07, 6.45) is -2.35. The topological polar surface area (TPSA) is 176 Å². The fraction of sp³-hybridized carbons (Fsp3) is 0.722. The highest BCUT2D eigenvalue weighted by Crippen LogP contribution is 2.28. The van der Waals surface area contributed by atoms with Crippen LogP contribution in [-0.4, -0.2) is 103 Å². The van der Waals surface area contributed by atoms with E-state index in [4.69, 9.17) is 5.11 Å². The predicted molar refractivity (Wildman–Crippen MR) is 103 cm³/mol. The third kappa shape index (κ3) is 7.08. The van der Waals surface area contributed by atoms with E-state index >= 15 is 0 Å². The minimum atomic E-state index is -1.46. The number of hydrogen-bond acceptors (Lipinski definition) is 5. The van der Waals surface area contributed by atoms with Gasteiger partial charge in [-0.2, -0.15) is 0 Å². The molecule has 3 amide bonds. The van der Waals surface area contributed by atoms with Crippen molar-refractivity contribution in [3.63, 3.8) is 0 Å². The Morgan fingerprint density at radius 1 is 0.767 bits per heavy atom. The van der Waals surface area contributed by atoms with Gasteiger partial charge < -0.3 is 25.3 Å². The molecule has 12 nitrogen and oxygen atoms in total. The number of ketones is 1. The van der Waals surface area contributed by atoms with E-state index in [1.807, 2.05) is 0 Å². The van der Waals surface area contributed by atoms with Gasteiger partial charge in [0.1, 0.15) is 6.54 Å². The van der Waals surface area contributed by atoms with Crippen LogP contribution in [0.2, 0.25) is 0 Å². The third-order valence-corrected chi connectivity index (χ3v) is 5.16. The molecule has 0 saturated heterocycles. The molecule has 0 aliphatic heterocycles. The van der Waals surface area contributed by atoms with Crippen LogP contribution in [0.4, 0.5) is 14.4 Å². The Morgan fingerprint density at radius 3 is 1.67 bits per heavy atom. The van der Waals surface area contributed by atoms with Crippen molar-refractivity contribution >= 4 is 30.0 Å². The minimum absolute atomic E-state index is 0.269. The Kier molecular flexibility index (Phi) is 9.34. The number of carbonyl (C=O) groups is 5. The molecule has 1 saturated carbocycles. The molecule has 0 heterocycles. The average molecular weight is 431 g/mol. The maximum Gasteiger partial charge on any atom is 0.408 e. The molecular formula is C18H29N3O9. The molecule has 2 atom stereocenters. The van der Waals surface area contributed by atoms with Gasteiger partial charge in [-0.25, -0.2) is 14.4 Å². The van der Waals surface area contributed by atoms with E-state index < -0.39 is 42.9 Å². The summed E-state index contributed by atoms with van der Waals surface area (Å²) in [5, 5.41) is 37.5. The van der Waals surface area contributed by atoms with E-state index in [-0.39, 0.29) is 31.3 Å². The van der Waals surface area contributed by atoms with E-state index in [2.05, 4.69) is 0 Å². The van der Waals surface area contributed by atoms with Gasteiger partial charge in [-0.1, -0.05) is 26.7 Å². The molecular weight excluding hydrogens is 402 g/mol. The Bertz CT molecular complexity index is 667. The van der Waals surface area contributed by atoms with Crippen molar-refractivity contribution < 1.29 is 44.4 Å². The summed E-state index contributed by atoms with van der Waals surface area (Å²) in [5.41, 5.74) is 0. The van der Waals surface area contributed by atoms with Crippen molar-refractivity contribution in [3.05, 3.63) is 0 Å². The maximum atomic E-state index is 11.9. The fourth-order valence-electron chi connectivity index (χ4n) is 3.54. The summed E-state index contributed by atoms with van der Waals surface area (Å²) >= 11 is 0. The largest absolute Gasteiger partial charge is 0.480 e. The van der Waals surface area contributed by atoms with Gasteiger partial charge in [-0.05, 0) is 12.8 Å². The molecule has 0 bridgehead atoms. The molecule has 30 heavy (non-hydrogen) atoms. The molecule has 170 valence electrons. The molecule has 0 aromatic heterocycles. The lowest BCUT2D eigenvalue weighted by molar-refractivity contribution is -0.138. The highest BCUT2D eigenvalue weighted by Gasteiger charge is 2.39. The summed E-state index contributed by atoms with van der Waals surface area (Å²) in [4.78, 5) is 60.4. The number of amides is 3. The standard InChI is InChI=1S/C18H29N3O9/c1-11(2)14(22)9-19(16(25)26)7-8-20(17(27)28)12-5-3-4-6-13(12)21(18(29)30)10-15(23)24/h11-13H,3-10H2,1-2H3,(H,23,24)(H,25,26)(H,27,28)(H,29,30)/t12-,13-/m0/s1. The van der Waals surface area contributed by atoms with Gasteiger partial charge in [0.2, 0.25) is 0 Å². The molecule has 0 spiro atoms. The lowest BCUT2D eigenvalue weighted by Gasteiger charge is -2.42. The molecule has 4 N–H and O–H groups in total. The summed E-state index contributed by atoms with van der Waals surface area (Å²) in [6.45, 7) is 1.55. The van der Waals surface area contributed by atoms with Crippen molar-refractivity contribution in [1.29, 1.82) is 0 Å². The second-order valence-corrected chi connectivity index (χ2v) is 7.52. The number of rotatable bonds is 10. The summed E-state index contributed by atoms with van der Waals surface area (Å²) in [7, 11) is 0. The quantitative estimate of drug-likeness (QED) is 0.399. The first kappa shape index (κ1) is 25.0. The molecule has 12 heteroatoms. The van der Waals surface area contributed by atoms with Crippen LogP contribution in [0, 0.1) is 5.92 Å². The van der Waals surface area contributed by atoms with E-state index in [0.717, 1.165) is 14.7 Å². The van der Waals surface area contributed by atoms with Gasteiger partial charge in [0.05, 0.1) is 18.6 Å². The lowest BCUT2D eigenvalue weighted by Crippen LogP contribution is -2.58.